The molecule has 2 N–H and O–H groups in total. The van der Waals surface area contributed by atoms with Crippen LogP contribution in [0.25, 0.3) is 0 Å². The largest absolute Gasteiger partial charge is 0.505 e. The highest BCUT2D eigenvalue weighted by Gasteiger charge is 2.18. The molecular formula is C4H7O6P. The van der Waals surface area contributed by atoms with Crippen LogP contribution in [0.15, 0.2) is 12.2 Å². The Bertz CT molecular complexity index is 215. The fourth-order valence-electron chi connectivity index (χ4n) is 0.154. The van der Waals surface area contributed by atoms with Crippen molar-refractivity contribution in [2.45, 2.75) is 6.92 Å². The minimum atomic E-state index is -4.74. The van der Waals surface area contributed by atoms with E-state index in [1.165, 1.54) is 6.92 Å². The molecule has 0 saturated heterocycles. The molecule has 0 aliphatic heterocycles. The molecule has 7 heteroatoms. The van der Waals surface area contributed by atoms with E-state index in [0.717, 1.165) is 0 Å². The lowest BCUT2D eigenvalue weighted by Gasteiger charge is -2.02. The van der Waals surface area contributed by atoms with Crippen LogP contribution in [-0.2, 0) is 18.9 Å². The van der Waals surface area contributed by atoms with Gasteiger partial charge in [-0.3, -0.25) is 4.89 Å². The molecule has 0 unspecified atom stereocenters. The van der Waals surface area contributed by atoms with Crippen LogP contribution < -0.4 is 0 Å². The van der Waals surface area contributed by atoms with Crippen LogP contribution in [0.1, 0.15) is 6.92 Å². The highest BCUT2D eigenvalue weighted by molar-refractivity contribution is 7.46. The first-order valence-corrected chi connectivity index (χ1v) is 3.97. The van der Waals surface area contributed by atoms with Crippen LogP contribution in [0.2, 0.25) is 0 Å². The van der Waals surface area contributed by atoms with E-state index in [-0.39, 0.29) is 5.57 Å². The van der Waals surface area contributed by atoms with Crippen molar-refractivity contribution in [3.8, 4) is 0 Å². The molecule has 0 aromatic rings. The molecular weight excluding hydrogens is 175 g/mol. The maximum Gasteiger partial charge on any atom is 0.505 e. The Hall–Kier alpha value is -0.680. The predicted molar refractivity (Wildman–Crippen MR) is 34.0 cm³/mol. The van der Waals surface area contributed by atoms with Crippen molar-refractivity contribution in [3.63, 3.8) is 0 Å². The molecule has 0 amide bonds. The standard InChI is InChI=1S/C4H7O6P/c1-3(2)4(5)9-10-11(6,7)8/h1H2,2H3,(H2,6,7,8). The van der Waals surface area contributed by atoms with Gasteiger partial charge in [-0.2, -0.15) is 0 Å². The van der Waals surface area contributed by atoms with Gasteiger partial charge in [0.2, 0.25) is 0 Å². The summed E-state index contributed by atoms with van der Waals surface area (Å²) in [5.41, 5.74) is -0.0153. The summed E-state index contributed by atoms with van der Waals surface area (Å²) in [7, 11) is -4.74. The molecule has 0 aromatic carbocycles. The summed E-state index contributed by atoms with van der Waals surface area (Å²) >= 11 is 0. The van der Waals surface area contributed by atoms with Gasteiger partial charge < -0.3 is 9.79 Å². The van der Waals surface area contributed by atoms with Gasteiger partial charge >= 0.3 is 13.8 Å². The average molecular weight is 182 g/mol. The maximum absolute atomic E-state index is 10.4. The van der Waals surface area contributed by atoms with Gasteiger partial charge in [-0.05, 0) is 6.92 Å². The molecule has 0 radical (unpaired) electrons. The van der Waals surface area contributed by atoms with Gasteiger partial charge in [-0.15, -0.1) is 0 Å². The van der Waals surface area contributed by atoms with Gasteiger partial charge in [0.25, 0.3) is 0 Å². The van der Waals surface area contributed by atoms with Crippen LogP contribution in [0.4, 0.5) is 0 Å². The van der Waals surface area contributed by atoms with E-state index in [1.54, 1.807) is 0 Å². The second kappa shape index (κ2) is 3.64. The third-order valence-corrected chi connectivity index (χ3v) is 0.827. The van der Waals surface area contributed by atoms with E-state index < -0.39 is 13.8 Å². The van der Waals surface area contributed by atoms with Crippen molar-refractivity contribution in [2.24, 2.45) is 0 Å². The molecule has 0 spiro atoms. The van der Waals surface area contributed by atoms with Crippen molar-refractivity contribution >= 4 is 13.8 Å². The van der Waals surface area contributed by atoms with Crippen molar-refractivity contribution < 1.29 is 28.7 Å². The Labute approximate surface area is 62.6 Å². The molecule has 11 heavy (non-hydrogen) atoms. The molecule has 0 aliphatic rings. The maximum atomic E-state index is 10.4. The zero-order valence-corrected chi connectivity index (χ0v) is 6.58. The SMILES string of the molecule is C=C(C)C(=O)OOP(=O)(O)O. The lowest BCUT2D eigenvalue weighted by Crippen LogP contribution is -2.04. The summed E-state index contributed by atoms with van der Waals surface area (Å²) in [6, 6.07) is 0. The Kier molecular flexibility index (Phi) is 3.41. The molecule has 0 aromatic heterocycles. The summed E-state index contributed by atoms with van der Waals surface area (Å²) in [4.78, 5) is 30.1. The van der Waals surface area contributed by atoms with Crippen LogP contribution in [0.5, 0.6) is 0 Å². The molecule has 0 heterocycles. The van der Waals surface area contributed by atoms with E-state index in [2.05, 4.69) is 16.1 Å². The van der Waals surface area contributed by atoms with Gasteiger partial charge in [0.05, 0.1) is 0 Å². The first-order valence-electron chi connectivity index (χ1n) is 2.44. The van der Waals surface area contributed by atoms with Crippen LogP contribution >= 0.6 is 7.82 Å². The van der Waals surface area contributed by atoms with Crippen molar-refractivity contribution in [2.75, 3.05) is 0 Å². The Balaban J connectivity index is 3.82. The van der Waals surface area contributed by atoms with Crippen molar-refractivity contribution in [3.05, 3.63) is 12.2 Å². The number of hydrogen-bond acceptors (Lipinski definition) is 4. The molecule has 6 nitrogen and oxygen atoms in total. The summed E-state index contributed by atoms with van der Waals surface area (Å²) in [6.45, 7) is 4.46. The fourth-order valence-corrected chi connectivity index (χ4v) is 0.318. The summed E-state index contributed by atoms with van der Waals surface area (Å²) < 4.78 is 13.3. The number of carbonyl (C=O) groups excluding carboxylic acids is 1. The molecule has 0 aliphatic carbocycles. The Morgan fingerprint density at radius 2 is 2.00 bits per heavy atom. The average Bonchev–Trinajstić information content (AvgIpc) is 1.80. The second-order valence-electron chi connectivity index (χ2n) is 1.72. The Morgan fingerprint density at radius 3 is 2.27 bits per heavy atom. The van der Waals surface area contributed by atoms with E-state index in [9.17, 15) is 9.36 Å². The van der Waals surface area contributed by atoms with Crippen molar-refractivity contribution in [1.29, 1.82) is 0 Å². The lowest BCUT2D eigenvalue weighted by molar-refractivity contribution is -0.217. The van der Waals surface area contributed by atoms with Crippen molar-refractivity contribution in [1.82, 2.24) is 0 Å². The lowest BCUT2D eigenvalue weighted by atomic mass is 10.4. The minimum absolute atomic E-state index is 0.0153. The topological polar surface area (TPSA) is 93.1 Å². The molecule has 0 bridgehead atoms. The van der Waals surface area contributed by atoms with E-state index >= 15 is 0 Å². The fraction of sp³-hybridized carbons (Fsp3) is 0.250. The van der Waals surface area contributed by atoms with Crippen LogP contribution in [0.3, 0.4) is 0 Å². The molecule has 0 rings (SSSR count). The molecule has 0 atom stereocenters. The quantitative estimate of drug-likeness (QED) is 0.279. The first-order chi connectivity index (χ1) is 4.83. The summed E-state index contributed by atoms with van der Waals surface area (Å²) in [5, 5.41) is 0. The molecule has 0 saturated carbocycles. The second-order valence-corrected chi connectivity index (χ2v) is 2.85. The zero-order valence-electron chi connectivity index (χ0n) is 5.68. The predicted octanol–water partition coefficient (Wildman–Crippen LogP) is 0.130. The van der Waals surface area contributed by atoms with E-state index in [0.29, 0.717) is 0 Å². The zero-order chi connectivity index (χ0) is 9.07. The van der Waals surface area contributed by atoms with Gasteiger partial charge in [0, 0.05) is 5.57 Å². The summed E-state index contributed by atoms with van der Waals surface area (Å²) in [5.74, 6) is -1.02. The van der Waals surface area contributed by atoms with Crippen LogP contribution in [-0.4, -0.2) is 15.8 Å². The highest BCUT2D eigenvalue weighted by Crippen LogP contribution is 2.36. The van der Waals surface area contributed by atoms with Gasteiger partial charge in [-0.25, -0.2) is 9.36 Å². The van der Waals surface area contributed by atoms with Gasteiger partial charge in [-0.1, -0.05) is 11.3 Å². The normalized spacial score (nSPS) is 10.8. The summed E-state index contributed by atoms with van der Waals surface area (Å²) in [6.07, 6.45) is 0. The molecule has 64 valence electrons. The van der Waals surface area contributed by atoms with Gasteiger partial charge in [0.1, 0.15) is 0 Å². The van der Waals surface area contributed by atoms with Gasteiger partial charge in [0.15, 0.2) is 0 Å². The first kappa shape index (κ1) is 10.3. The van der Waals surface area contributed by atoms with Crippen LogP contribution in [0, 0.1) is 0 Å². The monoisotopic (exact) mass is 182 g/mol. The third-order valence-electron chi connectivity index (χ3n) is 0.559. The number of carbonyl (C=O) groups is 1. The minimum Gasteiger partial charge on any atom is -0.301 e. The highest BCUT2D eigenvalue weighted by atomic mass is 31.2. The number of phosphoric acid groups is 1. The number of rotatable bonds is 3. The number of hydrogen-bond donors (Lipinski definition) is 2. The third kappa shape index (κ3) is 5.75. The van der Waals surface area contributed by atoms with E-state index in [4.69, 9.17) is 9.79 Å². The smallest absolute Gasteiger partial charge is 0.301 e. The van der Waals surface area contributed by atoms with E-state index in [1.807, 2.05) is 0 Å². The Morgan fingerprint density at radius 1 is 1.55 bits per heavy atom. The molecule has 0 fully saturated rings.